The fourth-order valence-corrected chi connectivity index (χ4v) is 12.0. The molecule has 0 heterocycles. The smallest absolute Gasteiger partial charge is 0.318 e. The van der Waals surface area contributed by atoms with E-state index in [1.807, 2.05) is 105 Å². The summed E-state index contributed by atoms with van der Waals surface area (Å²) in [6.45, 7) is 55.8. The third-order valence-electron chi connectivity index (χ3n) is 17.6. The first-order valence-electron chi connectivity index (χ1n) is 31.0. The Kier molecular flexibility index (Phi) is 18.1. The first-order chi connectivity index (χ1) is 38.6. The largest absolute Gasteiger partial charge is 0.507 e. The van der Waals surface area contributed by atoms with Gasteiger partial charge in [0.15, 0.2) is 0 Å². The van der Waals surface area contributed by atoms with E-state index in [1.54, 1.807) is 12.1 Å². The van der Waals surface area contributed by atoms with Gasteiger partial charge in [0.2, 0.25) is 0 Å². The molecule has 6 aromatic rings. The van der Waals surface area contributed by atoms with Gasteiger partial charge in [0.25, 0.3) is 0 Å². The lowest BCUT2D eigenvalue weighted by molar-refractivity contribution is -0.142. The number of benzene rings is 6. The molecular formula is C78H108O8. The van der Waals surface area contributed by atoms with Crippen molar-refractivity contribution in [1.29, 1.82) is 0 Å². The Bertz CT molecular complexity index is 3410. The predicted octanol–water partition coefficient (Wildman–Crippen LogP) is 19.0. The minimum atomic E-state index is -2.00. The van der Waals surface area contributed by atoms with Gasteiger partial charge in [-0.25, -0.2) is 0 Å². The van der Waals surface area contributed by atoms with Crippen LogP contribution in [0, 0.1) is 0 Å². The normalized spacial score (nSPS) is 13.6. The van der Waals surface area contributed by atoms with E-state index in [2.05, 4.69) is 143 Å². The molecule has 6 rings (SSSR count). The lowest BCUT2D eigenvalue weighted by Crippen LogP contribution is -2.40. The number of carboxylic acid groups (broad SMARTS) is 1. The average Bonchev–Trinajstić information content (AvgIpc) is 0.919. The van der Waals surface area contributed by atoms with E-state index in [-0.39, 0.29) is 76.4 Å². The van der Waals surface area contributed by atoms with Crippen LogP contribution in [-0.4, -0.2) is 41.7 Å². The second kappa shape index (κ2) is 22.6. The number of phenols is 6. The number of carbonyl (C=O) groups is 1. The molecule has 0 saturated heterocycles. The Morgan fingerprint density at radius 1 is 0.267 bits per heavy atom. The van der Waals surface area contributed by atoms with Crippen molar-refractivity contribution in [1.82, 2.24) is 0 Å². The number of hydrogen-bond acceptors (Lipinski definition) is 7. The molecule has 0 saturated carbocycles. The number of carboxylic acids is 1. The molecule has 0 fully saturated rings. The number of phenolic OH excluding ortho intramolecular Hbond substituents is 6. The molecule has 0 aliphatic carbocycles. The van der Waals surface area contributed by atoms with Crippen molar-refractivity contribution in [3.63, 3.8) is 0 Å². The quantitative estimate of drug-likeness (QED) is 0.0675. The molecule has 0 atom stereocenters. The molecule has 0 aliphatic rings. The van der Waals surface area contributed by atoms with Gasteiger partial charge in [0.05, 0.1) is 0 Å². The highest BCUT2D eigenvalue weighted by Gasteiger charge is 2.46. The van der Waals surface area contributed by atoms with Crippen molar-refractivity contribution >= 4 is 5.97 Å². The van der Waals surface area contributed by atoms with Crippen LogP contribution in [0.15, 0.2) is 72.8 Å². The summed E-state index contributed by atoms with van der Waals surface area (Å²) in [5.74, 6) is -0.763. The van der Waals surface area contributed by atoms with Gasteiger partial charge in [-0.3, -0.25) is 4.79 Å². The number of aliphatic carboxylic acids is 1. The van der Waals surface area contributed by atoms with E-state index in [0.29, 0.717) is 66.8 Å². The molecular weight excluding hydrogens is 1060 g/mol. The van der Waals surface area contributed by atoms with Gasteiger partial charge in [-0.15, -0.1) is 0 Å². The van der Waals surface area contributed by atoms with E-state index in [9.17, 15) is 35.7 Å². The maximum atomic E-state index is 15.7. The highest BCUT2D eigenvalue weighted by Crippen LogP contribution is 2.50. The van der Waals surface area contributed by atoms with Crippen LogP contribution in [0.25, 0.3) is 0 Å². The highest BCUT2D eigenvalue weighted by molar-refractivity contribution is 5.88. The minimum Gasteiger partial charge on any atom is -0.507 e. The Hall–Kier alpha value is -6.41. The summed E-state index contributed by atoms with van der Waals surface area (Å²) in [6.07, 6.45) is 0.101. The molecule has 0 aromatic heterocycles. The lowest BCUT2D eigenvalue weighted by atomic mass is 9.66. The van der Waals surface area contributed by atoms with Crippen molar-refractivity contribution < 1.29 is 40.5 Å². The molecule has 0 aliphatic heterocycles. The van der Waals surface area contributed by atoms with Crippen molar-refractivity contribution in [2.45, 2.75) is 267 Å². The predicted molar refractivity (Wildman–Crippen MR) is 357 cm³/mol. The molecule has 0 radical (unpaired) electrons. The SMILES string of the molecule is CC(C)(C)c1cc(Cc2cc(CC(C(=O)O)(c3cc(Cc4cc(C(C)(C)C)cc(C(C)(C)C)c4O)c(O)c(C(C)(C)C)c3)c3cc(Cc4cc(C(C)(C)C)cc(C(C)(C)C)c4O)c(O)c(C(C)(C)C)c3)cc(C(C)(C)C)c2O)c(O)c(C(C)(C)C)c1. The van der Waals surface area contributed by atoms with Crippen LogP contribution in [0.5, 0.6) is 34.5 Å². The zero-order valence-corrected chi connectivity index (χ0v) is 57.8. The third-order valence-corrected chi connectivity index (χ3v) is 17.6. The lowest BCUT2D eigenvalue weighted by Gasteiger charge is -2.36. The standard InChI is InChI=1S/C78H108O8/c1-69(2,3)51-33-46(63(80)57(38-51)73(13,14)15)30-45-28-44(29-56(62(45)79)72(10,11)12)43-78(68(85)86,54-36-49(66(83)60(41-54)76(22,23)24)31-47-34-52(70(4,5)6)39-58(64(47)81)74(16,17)18)55-37-50(67(84)61(42-55)77(25,26)27)32-48-35-53(71(7,8)9)40-59(65(48)82)75(19,20)21/h28-29,33-42,79-84H,30-32,43H2,1-27H3,(H,85,86). The molecule has 468 valence electrons. The van der Waals surface area contributed by atoms with Gasteiger partial charge in [-0.1, -0.05) is 260 Å². The molecule has 0 bridgehead atoms. The molecule has 7 N–H and O–H groups in total. The zero-order valence-electron chi connectivity index (χ0n) is 57.8. The first-order valence-corrected chi connectivity index (χ1v) is 31.0. The van der Waals surface area contributed by atoms with Crippen LogP contribution in [0.3, 0.4) is 0 Å². The summed E-state index contributed by atoms with van der Waals surface area (Å²) in [5.41, 5.74) is 5.19. The van der Waals surface area contributed by atoms with Gasteiger partial charge in [0, 0.05) is 19.3 Å². The second-order valence-electron chi connectivity index (χ2n) is 34.5. The summed E-state index contributed by atoms with van der Waals surface area (Å²) < 4.78 is 0. The summed E-state index contributed by atoms with van der Waals surface area (Å²) in [6, 6.07) is 23.3. The first kappa shape index (κ1) is 68.7. The van der Waals surface area contributed by atoms with Crippen molar-refractivity contribution in [3.05, 3.63) is 173 Å². The van der Waals surface area contributed by atoms with E-state index >= 15 is 4.79 Å². The van der Waals surface area contributed by atoms with Crippen LogP contribution in [0.1, 0.15) is 287 Å². The van der Waals surface area contributed by atoms with E-state index in [4.69, 9.17) is 0 Å². The van der Waals surface area contributed by atoms with E-state index in [1.165, 1.54) is 0 Å². The average molecular weight is 1170 g/mol. The summed E-state index contributed by atoms with van der Waals surface area (Å²) in [7, 11) is 0. The van der Waals surface area contributed by atoms with Gasteiger partial charge in [0.1, 0.15) is 39.9 Å². The Labute approximate surface area is 518 Å². The minimum absolute atomic E-state index is 0.00194. The van der Waals surface area contributed by atoms with Crippen LogP contribution >= 0.6 is 0 Å². The fourth-order valence-electron chi connectivity index (χ4n) is 12.0. The zero-order chi connectivity index (χ0) is 65.7. The second-order valence-corrected chi connectivity index (χ2v) is 34.5. The Morgan fingerprint density at radius 3 is 0.651 bits per heavy atom. The van der Waals surface area contributed by atoms with E-state index in [0.717, 1.165) is 33.4 Å². The molecule has 0 unspecified atom stereocenters. The van der Waals surface area contributed by atoms with Crippen LogP contribution in [0.2, 0.25) is 0 Å². The maximum Gasteiger partial charge on any atom is 0.318 e. The topological polar surface area (TPSA) is 159 Å². The van der Waals surface area contributed by atoms with Gasteiger partial charge >= 0.3 is 5.97 Å². The maximum absolute atomic E-state index is 15.7. The van der Waals surface area contributed by atoms with Gasteiger partial charge < -0.3 is 35.7 Å². The molecule has 86 heavy (non-hydrogen) atoms. The summed E-state index contributed by atoms with van der Waals surface area (Å²) >= 11 is 0. The molecule has 8 heteroatoms. The Balaban J connectivity index is 1.84. The van der Waals surface area contributed by atoms with Gasteiger partial charge in [-0.2, -0.15) is 0 Å². The third kappa shape index (κ3) is 14.3. The number of aromatic hydroxyl groups is 6. The van der Waals surface area contributed by atoms with Crippen LogP contribution < -0.4 is 0 Å². The molecule has 8 nitrogen and oxygen atoms in total. The number of rotatable bonds is 11. The van der Waals surface area contributed by atoms with Crippen LogP contribution in [0.4, 0.5) is 0 Å². The molecule has 6 aromatic carbocycles. The monoisotopic (exact) mass is 1170 g/mol. The van der Waals surface area contributed by atoms with Crippen LogP contribution in [-0.2, 0) is 84.6 Å². The van der Waals surface area contributed by atoms with Crippen molar-refractivity contribution in [2.75, 3.05) is 0 Å². The van der Waals surface area contributed by atoms with Crippen molar-refractivity contribution in [2.24, 2.45) is 0 Å². The van der Waals surface area contributed by atoms with Crippen molar-refractivity contribution in [3.8, 4) is 34.5 Å². The summed E-state index contributed by atoms with van der Waals surface area (Å²) in [5, 5.41) is 87.8. The Morgan fingerprint density at radius 2 is 0.453 bits per heavy atom. The summed E-state index contributed by atoms with van der Waals surface area (Å²) in [4.78, 5) is 15.7. The fraction of sp³-hybridized carbons (Fsp3) is 0.526. The highest BCUT2D eigenvalue weighted by atomic mass is 16.4. The van der Waals surface area contributed by atoms with Gasteiger partial charge in [-0.05, 0) is 155 Å². The number of hydrogen-bond donors (Lipinski definition) is 7. The molecule has 0 amide bonds. The van der Waals surface area contributed by atoms with E-state index < -0.39 is 43.9 Å². The molecule has 0 spiro atoms.